The molecule has 0 atom stereocenters. The van der Waals surface area contributed by atoms with Crippen LogP contribution in [0.4, 0.5) is 11.4 Å². The van der Waals surface area contributed by atoms with Gasteiger partial charge in [0.05, 0.1) is 21.9 Å². The highest BCUT2D eigenvalue weighted by molar-refractivity contribution is 7.93. The van der Waals surface area contributed by atoms with Gasteiger partial charge in [-0.15, -0.1) is 0 Å². The number of carbonyl (C=O) groups is 2. The molecule has 1 spiro atoms. The van der Waals surface area contributed by atoms with Crippen molar-refractivity contribution in [3.8, 4) is 0 Å². The molecular weight excluding hydrogens is 452 g/mol. The van der Waals surface area contributed by atoms with Gasteiger partial charge in [-0.2, -0.15) is 0 Å². The van der Waals surface area contributed by atoms with Gasteiger partial charge in [0.1, 0.15) is 0 Å². The van der Waals surface area contributed by atoms with Crippen molar-refractivity contribution in [2.75, 3.05) is 30.2 Å². The van der Waals surface area contributed by atoms with Crippen molar-refractivity contribution in [1.82, 2.24) is 10.2 Å². The number of benzene rings is 1. The first-order valence-corrected chi connectivity index (χ1v) is 14.3. The molecule has 8 nitrogen and oxygen atoms in total. The summed E-state index contributed by atoms with van der Waals surface area (Å²) in [7, 11) is -1.50. The van der Waals surface area contributed by atoms with Crippen molar-refractivity contribution in [3.63, 3.8) is 0 Å². The molecule has 0 unspecified atom stereocenters. The summed E-state index contributed by atoms with van der Waals surface area (Å²) >= 11 is 0. The molecule has 9 heteroatoms. The van der Waals surface area contributed by atoms with Crippen LogP contribution in [-0.4, -0.2) is 56.6 Å². The summed E-state index contributed by atoms with van der Waals surface area (Å²) in [5.41, 5.74) is 1.41. The molecule has 5 rings (SSSR count). The number of hydrogen-bond acceptors (Lipinski definition) is 5. The number of fused-ring (bicyclic) bond motifs is 2. The molecule has 3 fully saturated rings. The maximum Gasteiger partial charge on any atom is 0.253 e. The van der Waals surface area contributed by atoms with Crippen LogP contribution in [0.2, 0.25) is 0 Å². The Hall–Kier alpha value is -2.13. The Balaban J connectivity index is 1.48. The number of sulfonamides is 1. The molecule has 2 saturated carbocycles. The van der Waals surface area contributed by atoms with Gasteiger partial charge in [0.2, 0.25) is 15.9 Å². The summed E-state index contributed by atoms with van der Waals surface area (Å²) in [5, 5.41) is 5.72. The first-order valence-electron chi connectivity index (χ1n) is 12.8. The van der Waals surface area contributed by atoms with Crippen LogP contribution in [0.3, 0.4) is 0 Å². The smallest absolute Gasteiger partial charge is 0.253 e. The second kappa shape index (κ2) is 9.15. The normalized spacial score (nSPS) is 23.6. The summed E-state index contributed by atoms with van der Waals surface area (Å²) in [6.07, 6.45) is 9.31. The number of nitrogens with zero attached hydrogens (tertiary/aromatic N) is 1. The van der Waals surface area contributed by atoms with Gasteiger partial charge in [-0.25, -0.2) is 8.42 Å². The predicted octanol–water partition coefficient (Wildman–Crippen LogP) is 3.35. The van der Waals surface area contributed by atoms with Gasteiger partial charge in [-0.3, -0.25) is 14.3 Å². The lowest BCUT2D eigenvalue weighted by molar-refractivity contribution is -0.120. The van der Waals surface area contributed by atoms with E-state index in [0.29, 0.717) is 29.8 Å². The molecule has 2 aliphatic heterocycles. The number of rotatable bonds is 5. The minimum atomic E-state index is -3.57. The Bertz CT molecular complexity index is 1070. The Labute approximate surface area is 202 Å². The molecule has 1 aromatic carbocycles. The van der Waals surface area contributed by atoms with Crippen molar-refractivity contribution in [2.45, 2.75) is 87.3 Å². The van der Waals surface area contributed by atoms with E-state index in [9.17, 15) is 18.0 Å². The minimum absolute atomic E-state index is 0.0689. The molecule has 34 heavy (non-hydrogen) atoms. The average Bonchev–Trinajstić information content (AvgIpc) is 3.42. The monoisotopic (exact) mass is 488 g/mol. The Morgan fingerprint density at radius 3 is 2.38 bits per heavy atom. The van der Waals surface area contributed by atoms with E-state index >= 15 is 0 Å². The molecular formula is C25H36N4O4S. The maximum atomic E-state index is 13.4. The summed E-state index contributed by atoms with van der Waals surface area (Å²) in [6.45, 7) is 1.84. The summed E-state index contributed by atoms with van der Waals surface area (Å²) in [4.78, 5) is 28.8. The molecule has 2 aliphatic carbocycles. The van der Waals surface area contributed by atoms with Gasteiger partial charge < -0.3 is 15.5 Å². The number of carbonyl (C=O) groups excluding carboxylic acids is 2. The molecule has 3 N–H and O–H groups in total. The van der Waals surface area contributed by atoms with Crippen molar-refractivity contribution < 1.29 is 18.0 Å². The van der Waals surface area contributed by atoms with Gasteiger partial charge in [0.25, 0.3) is 5.91 Å². The highest BCUT2D eigenvalue weighted by Crippen LogP contribution is 2.50. The van der Waals surface area contributed by atoms with Crippen molar-refractivity contribution in [1.29, 1.82) is 0 Å². The van der Waals surface area contributed by atoms with Gasteiger partial charge in [-0.1, -0.05) is 32.1 Å². The zero-order valence-corrected chi connectivity index (χ0v) is 20.8. The molecule has 1 saturated heterocycles. The fraction of sp³-hybridized carbons (Fsp3) is 0.680. The molecule has 2 amide bonds. The Morgan fingerprint density at radius 1 is 1.03 bits per heavy atom. The zero-order chi connectivity index (χ0) is 23.9. The molecule has 4 aliphatic rings. The van der Waals surface area contributed by atoms with E-state index in [1.165, 1.54) is 0 Å². The molecule has 2 heterocycles. The fourth-order valence-electron chi connectivity index (χ4n) is 6.26. The molecule has 0 radical (unpaired) electrons. The third-order valence-corrected chi connectivity index (χ3v) is 10.2. The van der Waals surface area contributed by atoms with Crippen LogP contribution in [0.25, 0.3) is 0 Å². The van der Waals surface area contributed by atoms with Crippen LogP contribution < -0.4 is 15.4 Å². The third kappa shape index (κ3) is 4.33. The van der Waals surface area contributed by atoms with E-state index in [-0.39, 0.29) is 17.9 Å². The highest BCUT2D eigenvalue weighted by atomic mass is 32.2. The highest BCUT2D eigenvalue weighted by Gasteiger charge is 2.50. The first-order chi connectivity index (χ1) is 16.3. The number of hydrogen-bond donors (Lipinski definition) is 3. The molecule has 0 bridgehead atoms. The number of piperidine rings is 1. The molecule has 0 aromatic heterocycles. The lowest BCUT2D eigenvalue weighted by Crippen LogP contribution is -2.43. The van der Waals surface area contributed by atoms with Crippen LogP contribution in [-0.2, 0) is 20.2 Å². The van der Waals surface area contributed by atoms with E-state index in [1.54, 1.807) is 12.1 Å². The quantitative estimate of drug-likeness (QED) is 0.589. The predicted molar refractivity (Wildman–Crippen MR) is 133 cm³/mol. The van der Waals surface area contributed by atoms with Gasteiger partial charge in [0, 0.05) is 11.7 Å². The van der Waals surface area contributed by atoms with E-state index < -0.39 is 20.7 Å². The Kier molecular flexibility index (Phi) is 6.35. The van der Waals surface area contributed by atoms with Crippen molar-refractivity contribution in [3.05, 3.63) is 23.3 Å². The number of nitrogens with one attached hydrogen (secondary N) is 3. The lowest BCUT2D eigenvalue weighted by atomic mass is 9.79. The Morgan fingerprint density at radius 2 is 1.71 bits per heavy atom. The van der Waals surface area contributed by atoms with Crippen LogP contribution in [0.5, 0.6) is 0 Å². The van der Waals surface area contributed by atoms with E-state index in [0.717, 1.165) is 76.4 Å². The second-order valence-electron chi connectivity index (χ2n) is 10.6. The third-order valence-electron chi connectivity index (χ3n) is 8.33. The summed E-state index contributed by atoms with van der Waals surface area (Å²) in [5.74, 6) is -0.319. The van der Waals surface area contributed by atoms with Crippen molar-refractivity contribution >= 4 is 33.2 Å². The number of anilines is 2. The van der Waals surface area contributed by atoms with Gasteiger partial charge in [-0.05, 0) is 76.4 Å². The van der Waals surface area contributed by atoms with Crippen LogP contribution >= 0.6 is 0 Å². The van der Waals surface area contributed by atoms with E-state index in [1.807, 2.05) is 0 Å². The lowest BCUT2D eigenvalue weighted by Gasteiger charge is -2.29. The molecule has 1 aromatic rings. The summed E-state index contributed by atoms with van der Waals surface area (Å²) < 4.78 is 29.1. The van der Waals surface area contributed by atoms with Crippen molar-refractivity contribution in [2.24, 2.45) is 0 Å². The minimum Gasteiger partial charge on any atom is -0.349 e. The molecule has 186 valence electrons. The second-order valence-corrected chi connectivity index (χ2v) is 12.6. The maximum absolute atomic E-state index is 13.4. The summed E-state index contributed by atoms with van der Waals surface area (Å²) in [6, 6.07) is 3.47. The zero-order valence-electron chi connectivity index (χ0n) is 20.0. The fourth-order valence-corrected chi connectivity index (χ4v) is 7.83. The number of amides is 2. The first kappa shape index (κ1) is 23.6. The van der Waals surface area contributed by atoms with E-state index in [4.69, 9.17) is 0 Å². The van der Waals surface area contributed by atoms with Gasteiger partial charge in [0.15, 0.2) is 0 Å². The average molecular weight is 489 g/mol. The van der Waals surface area contributed by atoms with Gasteiger partial charge >= 0.3 is 0 Å². The van der Waals surface area contributed by atoms with E-state index in [2.05, 4.69) is 27.3 Å². The standard InChI is InChI=1S/C25H36N4O4S/c1-29-13-9-17(10-14-29)26-23(30)20-15-18(28-34(32,33)19-7-3-2-4-8-19)16-21-22(20)27-24(31)25(21)11-5-6-12-25/h15-17,19,28H,2-14H2,1H3,(H,26,30)(H,27,31). The SMILES string of the molecule is CN1CCC(NC(=O)c2cc(NS(=O)(=O)C3CCCCC3)cc3c2NC(=O)C32CCCC2)CC1. The number of likely N-dealkylation sites (tertiary alicyclic amines) is 1. The largest absolute Gasteiger partial charge is 0.349 e. The van der Waals surface area contributed by atoms with Crippen LogP contribution in [0, 0.1) is 0 Å². The van der Waals surface area contributed by atoms with Crippen LogP contribution in [0.1, 0.15) is 86.6 Å². The topological polar surface area (TPSA) is 108 Å². The van der Waals surface area contributed by atoms with Crippen LogP contribution in [0.15, 0.2) is 12.1 Å².